The third kappa shape index (κ3) is 24.1. The number of para-hydroxylation sites is 2. The highest BCUT2D eigenvalue weighted by Gasteiger charge is 2.30. The van der Waals surface area contributed by atoms with Crippen LogP contribution in [0.5, 0.6) is 17.2 Å². The third-order valence-corrected chi connectivity index (χ3v) is 19.7. The molecule has 0 bridgehead atoms. The van der Waals surface area contributed by atoms with Crippen LogP contribution in [-0.2, 0) is 84.7 Å². The molecule has 125 heavy (non-hydrogen) atoms. The molecule has 0 aliphatic heterocycles. The van der Waals surface area contributed by atoms with Gasteiger partial charge in [-0.25, -0.2) is 18.7 Å². The Kier molecular flexibility index (Phi) is 28.6. The lowest BCUT2D eigenvalue weighted by atomic mass is 10.1. The predicted molar refractivity (Wildman–Crippen MR) is 463 cm³/mol. The highest BCUT2D eigenvalue weighted by molar-refractivity contribution is 6.07. The summed E-state index contributed by atoms with van der Waals surface area (Å²) < 4.78 is 67.2. The van der Waals surface area contributed by atoms with Crippen LogP contribution in [-0.4, -0.2) is 141 Å². The van der Waals surface area contributed by atoms with Crippen LogP contribution < -0.4 is 14.2 Å². The molecule has 0 fully saturated rings. The summed E-state index contributed by atoms with van der Waals surface area (Å²) in [6, 6.07) is 79.5. The first kappa shape index (κ1) is 84.7. The number of nitrogens with zero attached hydrogens (tertiary/aromatic N) is 24. The number of rotatable bonds is 31. The normalized spacial score (nSPS) is 11.3. The number of aromatic nitrogens is 20. The fraction of sp³-hybridized carbons (Fsp3) is 0.170. The van der Waals surface area contributed by atoms with Gasteiger partial charge in [0.15, 0.2) is 5.58 Å². The molecule has 0 aliphatic carbocycles. The first-order valence-electron chi connectivity index (χ1n) is 40.0. The Labute approximate surface area is 718 Å². The van der Waals surface area contributed by atoms with E-state index in [4.69, 9.17) is 18.6 Å². The molecular weight excluding hydrogens is 1590 g/mol. The maximum atomic E-state index is 12.8. The molecule has 18 rings (SSSR count). The van der Waals surface area contributed by atoms with Gasteiger partial charge in [-0.3, -0.25) is 59.5 Å². The largest absolute Gasteiger partial charge is 0.497 e. The van der Waals surface area contributed by atoms with Crippen molar-refractivity contribution in [2.75, 3.05) is 21.3 Å². The lowest BCUT2D eigenvalue weighted by Crippen LogP contribution is -2.23. The fourth-order valence-electron chi connectivity index (χ4n) is 13.7. The van der Waals surface area contributed by atoms with Crippen LogP contribution in [0.25, 0.3) is 44.7 Å². The van der Waals surface area contributed by atoms with Gasteiger partial charge in [-0.05, 0) is 170 Å². The second kappa shape index (κ2) is 42.3. The van der Waals surface area contributed by atoms with E-state index in [0.29, 0.717) is 95.7 Å². The molecule has 5 aromatic carbocycles. The van der Waals surface area contributed by atoms with Gasteiger partial charge in [-0.2, -0.15) is 13.2 Å². The van der Waals surface area contributed by atoms with Crippen molar-refractivity contribution in [3.05, 3.63) is 403 Å². The smallest absolute Gasteiger partial charge is 0.416 e. The van der Waals surface area contributed by atoms with Crippen LogP contribution in [0.2, 0.25) is 0 Å². The van der Waals surface area contributed by atoms with Gasteiger partial charge in [-0.1, -0.05) is 99.7 Å². The fourth-order valence-corrected chi connectivity index (χ4v) is 13.7. The highest BCUT2D eigenvalue weighted by Crippen LogP contribution is 2.34. The van der Waals surface area contributed by atoms with E-state index in [0.717, 1.165) is 125 Å². The molecule has 0 aliphatic rings. The SMILES string of the molecule is COc1ccc(-n2cc(CN(Cc3ccccn3)Cc3ccccn3)nn2)c(OC)c1.COc1ccc(-n2cc(CN(Cc3ccccn3)Cc3ccccn3)nn2)cc1.FC(F)(F)c1ccc(-n2cc(CN(Cc3ccccn3)Cc3ccccn3)nn2)cc1.c1ccc(CN(Cc2ccccn2)Cc2cn(-c3cccc4c3oc3ccccc34)nn2)nc1. The van der Waals surface area contributed by atoms with Crippen molar-refractivity contribution in [1.29, 1.82) is 0 Å². The molecule has 0 saturated heterocycles. The molecule has 18 aromatic rings. The molecule has 0 N–H and O–H groups in total. The number of furan rings is 1. The molecule has 0 atom stereocenters. The van der Waals surface area contributed by atoms with Gasteiger partial charge in [0.05, 0.1) is 131 Å². The van der Waals surface area contributed by atoms with Crippen molar-refractivity contribution >= 4 is 21.9 Å². The van der Waals surface area contributed by atoms with E-state index in [2.05, 4.69) is 113 Å². The summed E-state index contributed by atoms with van der Waals surface area (Å²) in [5, 5.41) is 36.6. The summed E-state index contributed by atoms with van der Waals surface area (Å²) in [5.74, 6) is 2.19. The number of fused-ring (bicyclic) bond motifs is 3. The molecular formula is C94H87F3N24O4. The Balaban J connectivity index is 0.000000129. The molecule has 13 aromatic heterocycles. The molecule has 28 nitrogen and oxygen atoms in total. The van der Waals surface area contributed by atoms with Crippen molar-refractivity contribution < 1.29 is 31.8 Å². The monoisotopic (exact) mass is 1670 g/mol. The summed E-state index contributed by atoms with van der Waals surface area (Å²) in [6.07, 6.45) is 17.5. The van der Waals surface area contributed by atoms with Gasteiger partial charge >= 0.3 is 6.18 Å². The van der Waals surface area contributed by atoms with Crippen LogP contribution in [0.1, 0.15) is 73.9 Å². The molecule has 0 unspecified atom stereocenters. The highest BCUT2D eigenvalue weighted by atomic mass is 19.4. The van der Waals surface area contributed by atoms with E-state index in [1.54, 1.807) is 66.4 Å². The molecule has 0 saturated carbocycles. The van der Waals surface area contributed by atoms with E-state index in [9.17, 15) is 13.2 Å². The van der Waals surface area contributed by atoms with Gasteiger partial charge < -0.3 is 18.6 Å². The minimum Gasteiger partial charge on any atom is -0.497 e. The zero-order chi connectivity index (χ0) is 85.8. The maximum Gasteiger partial charge on any atom is 0.416 e. The summed E-state index contributed by atoms with van der Waals surface area (Å²) in [4.78, 5) is 44.5. The second-order valence-electron chi connectivity index (χ2n) is 28.8. The lowest BCUT2D eigenvalue weighted by Gasteiger charge is -2.20. The predicted octanol–water partition coefficient (Wildman–Crippen LogP) is 16.0. The van der Waals surface area contributed by atoms with E-state index in [-0.39, 0.29) is 0 Å². The Morgan fingerprint density at radius 2 is 0.592 bits per heavy atom. The van der Waals surface area contributed by atoms with Gasteiger partial charge in [0, 0.05) is 145 Å². The van der Waals surface area contributed by atoms with Crippen LogP contribution in [0.15, 0.2) is 334 Å². The Bertz CT molecular complexity index is 6120. The average Bonchev–Trinajstić information content (AvgIpc) is 1.62. The van der Waals surface area contributed by atoms with E-state index < -0.39 is 11.7 Å². The molecule has 0 amide bonds. The van der Waals surface area contributed by atoms with Crippen LogP contribution in [0.4, 0.5) is 13.2 Å². The van der Waals surface area contributed by atoms with Crippen molar-refractivity contribution in [2.24, 2.45) is 0 Å². The number of benzene rings is 5. The lowest BCUT2D eigenvalue weighted by molar-refractivity contribution is -0.137. The summed E-state index contributed by atoms with van der Waals surface area (Å²) in [6.45, 7) is 7.64. The first-order valence-corrected chi connectivity index (χ1v) is 40.0. The number of hydrogen-bond acceptors (Lipinski definition) is 24. The molecule has 13 heterocycles. The van der Waals surface area contributed by atoms with Crippen molar-refractivity contribution in [3.8, 4) is 40.0 Å². The average molecular weight is 1670 g/mol. The number of alkyl halides is 3. The second-order valence-corrected chi connectivity index (χ2v) is 28.8. The van der Waals surface area contributed by atoms with Crippen molar-refractivity contribution in [2.45, 2.75) is 84.7 Å². The zero-order valence-electron chi connectivity index (χ0n) is 68.7. The summed E-state index contributed by atoms with van der Waals surface area (Å²) in [5.41, 5.74) is 15.1. The van der Waals surface area contributed by atoms with Gasteiger partial charge in [-0.15, -0.1) is 20.4 Å². The topological polar surface area (TPSA) is 280 Å². The van der Waals surface area contributed by atoms with E-state index in [1.165, 1.54) is 16.8 Å². The van der Waals surface area contributed by atoms with E-state index >= 15 is 0 Å². The molecule has 628 valence electrons. The van der Waals surface area contributed by atoms with Gasteiger partial charge in [0.25, 0.3) is 0 Å². The molecule has 0 radical (unpaired) electrons. The molecule has 31 heteroatoms. The van der Waals surface area contributed by atoms with Crippen molar-refractivity contribution in [3.63, 3.8) is 0 Å². The maximum absolute atomic E-state index is 12.8. The van der Waals surface area contributed by atoms with Crippen LogP contribution >= 0.6 is 0 Å². The minimum atomic E-state index is -4.37. The number of ether oxygens (including phenoxy) is 3. The zero-order valence-corrected chi connectivity index (χ0v) is 68.7. The number of methoxy groups -OCH3 is 3. The van der Waals surface area contributed by atoms with Gasteiger partial charge in [0.1, 0.15) is 34.2 Å². The van der Waals surface area contributed by atoms with Crippen LogP contribution in [0.3, 0.4) is 0 Å². The number of halogens is 3. The van der Waals surface area contributed by atoms with E-state index in [1.807, 2.05) is 262 Å². The van der Waals surface area contributed by atoms with Crippen molar-refractivity contribution in [1.82, 2.24) is 119 Å². The standard InChI is InChI=1S/C27H22N6O.C23H24N6O2.C22H19F3N6.C22H22N6O/c1-2-13-26-23(10-1)24-11-7-12-25(27(24)34-26)33-19-22(30-31-33)18-32(16-20-8-3-5-14-28-20)17-21-9-4-6-15-29-21;1-30-21-9-10-22(23(13-21)31-2)29-17-20(26-27-29)16-28(14-18-7-3-5-11-24-18)15-19-8-4-6-12-25-19;23-22(24,25)17-7-9-21(10-8-17)31-16-20(28-29-31)15-30(13-18-5-1-3-11-26-18)14-19-6-2-4-12-27-19;1-29-22-10-8-21(9-11-22)28-17-20(25-26-28)16-27(14-18-6-2-4-12-23-18)15-19-7-3-5-13-24-19/h1-15,19H,16-18H2;3-13,17H,14-16H2,1-2H3;1-12,16H,13-15H2;2-13,17H,14-16H2,1H3. The summed E-state index contributed by atoms with van der Waals surface area (Å²) in [7, 11) is 4.90. The first-order chi connectivity index (χ1) is 61.3. The van der Waals surface area contributed by atoms with Crippen LogP contribution in [0, 0.1) is 0 Å². The Morgan fingerprint density at radius 1 is 0.288 bits per heavy atom. The number of hydrogen-bond donors (Lipinski definition) is 0. The Hall–Kier alpha value is -15.3. The summed E-state index contributed by atoms with van der Waals surface area (Å²) >= 11 is 0. The third-order valence-electron chi connectivity index (χ3n) is 19.7. The quantitative estimate of drug-likeness (QED) is 0.0390. The Morgan fingerprint density at radius 3 is 0.928 bits per heavy atom. The minimum absolute atomic E-state index is 0.480. The van der Waals surface area contributed by atoms with Gasteiger partial charge in [0.2, 0.25) is 0 Å². The molecule has 0 spiro atoms. The number of pyridine rings is 8.